The maximum atomic E-state index is 12.3. The summed E-state index contributed by atoms with van der Waals surface area (Å²) in [5.41, 5.74) is 6.62. The van der Waals surface area contributed by atoms with Gasteiger partial charge < -0.3 is 5.73 Å². The highest BCUT2D eigenvalue weighted by molar-refractivity contribution is 7.92. The molecule has 100 valence electrons. The van der Waals surface area contributed by atoms with E-state index < -0.39 is 9.84 Å². The molecule has 2 rings (SSSR count). The smallest absolute Gasteiger partial charge is 0.181 e. The molecular weight excluding hydrogens is 246 g/mol. The summed E-state index contributed by atoms with van der Waals surface area (Å²) in [5.74, 6) is 0. The van der Waals surface area contributed by atoms with Crippen LogP contribution in [0.3, 0.4) is 0 Å². The zero-order valence-electron chi connectivity index (χ0n) is 10.6. The molecule has 0 amide bonds. The van der Waals surface area contributed by atoms with E-state index in [9.17, 15) is 8.42 Å². The lowest BCUT2D eigenvalue weighted by Gasteiger charge is -2.11. The Hall–Kier alpha value is -0.870. The molecule has 0 radical (unpaired) electrons. The minimum Gasteiger partial charge on any atom is -0.330 e. The van der Waals surface area contributed by atoms with Crippen molar-refractivity contribution in [3.8, 4) is 0 Å². The minimum absolute atomic E-state index is 0.160. The van der Waals surface area contributed by atoms with Crippen LogP contribution in [0.2, 0.25) is 0 Å². The molecule has 1 saturated carbocycles. The van der Waals surface area contributed by atoms with Crippen molar-refractivity contribution in [1.82, 2.24) is 0 Å². The molecule has 1 aromatic rings. The number of nitrogens with two attached hydrogens (primary N) is 1. The molecule has 0 saturated heterocycles. The lowest BCUT2D eigenvalue weighted by molar-refractivity contribution is 0.579. The molecule has 0 heterocycles. The molecule has 0 atom stereocenters. The predicted octanol–water partition coefficient (Wildman–Crippen LogP) is 2.29. The topological polar surface area (TPSA) is 60.2 Å². The molecule has 1 fully saturated rings. The van der Waals surface area contributed by atoms with Crippen LogP contribution in [0.1, 0.15) is 37.7 Å². The molecule has 4 heteroatoms. The van der Waals surface area contributed by atoms with Gasteiger partial charge in [0.1, 0.15) is 0 Å². The Morgan fingerprint density at radius 2 is 1.72 bits per heavy atom. The van der Waals surface area contributed by atoms with E-state index >= 15 is 0 Å². The third-order valence-corrected chi connectivity index (χ3v) is 5.94. The highest BCUT2D eigenvalue weighted by Gasteiger charge is 2.29. The fourth-order valence-corrected chi connectivity index (χ4v) is 4.40. The first-order valence-electron chi connectivity index (χ1n) is 6.67. The van der Waals surface area contributed by atoms with Gasteiger partial charge in [-0.05, 0) is 49.9 Å². The van der Waals surface area contributed by atoms with E-state index in [0.29, 0.717) is 11.4 Å². The second kappa shape index (κ2) is 5.85. The van der Waals surface area contributed by atoms with Crippen molar-refractivity contribution in [3.63, 3.8) is 0 Å². The summed E-state index contributed by atoms with van der Waals surface area (Å²) in [5, 5.41) is -0.160. The SMILES string of the molecule is NCCCc1ccc(S(=O)(=O)C2CCCC2)cc1. The van der Waals surface area contributed by atoms with Crippen molar-refractivity contribution in [2.24, 2.45) is 5.73 Å². The van der Waals surface area contributed by atoms with Gasteiger partial charge >= 0.3 is 0 Å². The van der Waals surface area contributed by atoms with Gasteiger partial charge in [-0.3, -0.25) is 0 Å². The van der Waals surface area contributed by atoms with Gasteiger partial charge in [-0.2, -0.15) is 0 Å². The summed E-state index contributed by atoms with van der Waals surface area (Å²) in [6.07, 6.45) is 5.57. The van der Waals surface area contributed by atoms with E-state index in [1.807, 2.05) is 12.1 Å². The molecule has 0 aromatic heterocycles. The fourth-order valence-electron chi connectivity index (χ4n) is 2.54. The predicted molar refractivity (Wildman–Crippen MR) is 73.3 cm³/mol. The average Bonchev–Trinajstić information content (AvgIpc) is 2.91. The number of hydrogen-bond acceptors (Lipinski definition) is 3. The van der Waals surface area contributed by atoms with Gasteiger partial charge in [0.2, 0.25) is 0 Å². The molecule has 3 nitrogen and oxygen atoms in total. The van der Waals surface area contributed by atoms with Crippen LogP contribution in [-0.2, 0) is 16.3 Å². The molecule has 1 aliphatic rings. The summed E-state index contributed by atoms with van der Waals surface area (Å²) in [4.78, 5) is 0.478. The second-order valence-corrected chi connectivity index (χ2v) is 7.22. The number of benzene rings is 1. The molecular formula is C14H21NO2S. The molecule has 0 unspecified atom stereocenters. The highest BCUT2D eigenvalue weighted by atomic mass is 32.2. The maximum absolute atomic E-state index is 12.3. The number of rotatable bonds is 5. The van der Waals surface area contributed by atoms with Gasteiger partial charge in [-0.15, -0.1) is 0 Å². The second-order valence-electron chi connectivity index (χ2n) is 4.99. The molecule has 0 bridgehead atoms. The summed E-state index contributed by atoms with van der Waals surface area (Å²) < 4.78 is 24.7. The van der Waals surface area contributed by atoms with Gasteiger partial charge in [-0.1, -0.05) is 25.0 Å². The largest absolute Gasteiger partial charge is 0.330 e. The van der Waals surface area contributed by atoms with Gasteiger partial charge in [0.15, 0.2) is 9.84 Å². The van der Waals surface area contributed by atoms with Crippen LogP contribution < -0.4 is 5.73 Å². The molecule has 1 aliphatic carbocycles. The Morgan fingerprint density at radius 1 is 1.11 bits per heavy atom. The van der Waals surface area contributed by atoms with Crippen LogP contribution in [0.5, 0.6) is 0 Å². The molecule has 18 heavy (non-hydrogen) atoms. The Labute approximate surface area is 109 Å². The minimum atomic E-state index is -3.10. The van der Waals surface area contributed by atoms with Crippen molar-refractivity contribution in [3.05, 3.63) is 29.8 Å². The van der Waals surface area contributed by atoms with Crippen LogP contribution in [-0.4, -0.2) is 20.2 Å². The monoisotopic (exact) mass is 267 g/mol. The number of hydrogen-bond donors (Lipinski definition) is 1. The summed E-state index contributed by atoms with van der Waals surface area (Å²) in [6.45, 7) is 0.669. The zero-order chi connectivity index (χ0) is 13.0. The summed E-state index contributed by atoms with van der Waals surface area (Å²) >= 11 is 0. The van der Waals surface area contributed by atoms with Gasteiger partial charge in [0.05, 0.1) is 10.1 Å². The standard InChI is InChI=1S/C14H21NO2S/c15-11-3-4-12-7-9-14(10-8-12)18(16,17)13-5-1-2-6-13/h7-10,13H,1-6,11,15H2. The molecule has 2 N–H and O–H groups in total. The first kappa shape index (κ1) is 13.6. The van der Waals surface area contributed by atoms with Crippen molar-refractivity contribution in [2.75, 3.05) is 6.54 Å². The van der Waals surface area contributed by atoms with Crippen LogP contribution in [0.15, 0.2) is 29.2 Å². The lowest BCUT2D eigenvalue weighted by atomic mass is 10.1. The first-order valence-corrected chi connectivity index (χ1v) is 8.22. The Kier molecular flexibility index (Phi) is 4.40. The molecule has 1 aromatic carbocycles. The molecule has 0 aliphatic heterocycles. The van der Waals surface area contributed by atoms with Crippen LogP contribution >= 0.6 is 0 Å². The Morgan fingerprint density at radius 3 is 2.28 bits per heavy atom. The van der Waals surface area contributed by atoms with Crippen LogP contribution in [0.4, 0.5) is 0 Å². The third-order valence-electron chi connectivity index (χ3n) is 3.66. The van der Waals surface area contributed by atoms with E-state index in [0.717, 1.165) is 44.1 Å². The first-order chi connectivity index (χ1) is 8.64. The van der Waals surface area contributed by atoms with Crippen molar-refractivity contribution in [2.45, 2.75) is 48.7 Å². The Bertz CT molecular complexity index is 473. The van der Waals surface area contributed by atoms with Gasteiger partial charge in [0.25, 0.3) is 0 Å². The molecule has 0 spiro atoms. The number of aryl methyl sites for hydroxylation is 1. The normalized spacial score (nSPS) is 17.2. The van der Waals surface area contributed by atoms with Crippen LogP contribution in [0, 0.1) is 0 Å². The van der Waals surface area contributed by atoms with E-state index in [-0.39, 0.29) is 5.25 Å². The summed E-state index contributed by atoms with van der Waals surface area (Å²) in [6, 6.07) is 7.33. The van der Waals surface area contributed by atoms with E-state index in [2.05, 4.69) is 0 Å². The Balaban J connectivity index is 2.13. The van der Waals surface area contributed by atoms with Gasteiger partial charge in [0, 0.05) is 0 Å². The van der Waals surface area contributed by atoms with E-state index in [1.165, 1.54) is 0 Å². The van der Waals surface area contributed by atoms with E-state index in [1.54, 1.807) is 12.1 Å². The summed E-state index contributed by atoms with van der Waals surface area (Å²) in [7, 11) is -3.10. The van der Waals surface area contributed by atoms with E-state index in [4.69, 9.17) is 5.73 Å². The van der Waals surface area contributed by atoms with Crippen molar-refractivity contribution >= 4 is 9.84 Å². The van der Waals surface area contributed by atoms with Gasteiger partial charge in [-0.25, -0.2) is 8.42 Å². The highest BCUT2D eigenvalue weighted by Crippen LogP contribution is 2.29. The quantitative estimate of drug-likeness (QED) is 0.890. The zero-order valence-corrected chi connectivity index (χ0v) is 11.5. The van der Waals surface area contributed by atoms with Crippen LogP contribution in [0.25, 0.3) is 0 Å². The average molecular weight is 267 g/mol. The lowest BCUT2D eigenvalue weighted by Crippen LogP contribution is -2.17. The van der Waals surface area contributed by atoms with Crippen molar-refractivity contribution < 1.29 is 8.42 Å². The fraction of sp³-hybridized carbons (Fsp3) is 0.571. The maximum Gasteiger partial charge on any atom is 0.181 e. The number of sulfone groups is 1. The van der Waals surface area contributed by atoms with Crippen molar-refractivity contribution in [1.29, 1.82) is 0 Å². The third kappa shape index (κ3) is 2.93.